The third-order valence-electron chi connectivity index (χ3n) is 3.54. The lowest BCUT2D eigenvalue weighted by atomic mass is 9.95. The predicted octanol–water partition coefficient (Wildman–Crippen LogP) is 3.08. The molecule has 1 aromatic carbocycles. The van der Waals surface area contributed by atoms with Crippen molar-refractivity contribution >= 4 is 11.6 Å². The summed E-state index contributed by atoms with van der Waals surface area (Å²) in [5, 5.41) is 14.6. The molecule has 0 amide bonds. The van der Waals surface area contributed by atoms with E-state index >= 15 is 0 Å². The molecule has 94 valence electrons. The number of aliphatic hydroxyl groups is 1. The lowest BCUT2D eigenvalue weighted by Crippen LogP contribution is -2.39. The van der Waals surface area contributed by atoms with Crippen LogP contribution in [-0.4, -0.2) is 17.7 Å². The molecule has 2 nitrogen and oxygen atoms in total. The van der Waals surface area contributed by atoms with Gasteiger partial charge in [-0.05, 0) is 37.5 Å². The van der Waals surface area contributed by atoms with Crippen LogP contribution in [0.2, 0.25) is 5.02 Å². The van der Waals surface area contributed by atoms with Crippen molar-refractivity contribution in [3.63, 3.8) is 0 Å². The van der Waals surface area contributed by atoms with Gasteiger partial charge in [-0.2, -0.15) is 0 Å². The summed E-state index contributed by atoms with van der Waals surface area (Å²) in [6.07, 6.45) is 5.06. The molecule has 0 bridgehead atoms. The Labute approximate surface area is 108 Å². The molecule has 1 unspecified atom stereocenters. The minimum atomic E-state index is -0.854. The lowest BCUT2D eigenvalue weighted by Gasteiger charge is -2.26. The van der Waals surface area contributed by atoms with Gasteiger partial charge in [0.15, 0.2) is 0 Å². The number of rotatable bonds is 4. The van der Waals surface area contributed by atoms with E-state index in [1.807, 2.05) is 31.2 Å². The Bertz CT molecular complexity index is 372. The van der Waals surface area contributed by atoms with Crippen molar-refractivity contribution in [1.29, 1.82) is 0 Å². The maximum atomic E-state index is 10.4. The zero-order chi connectivity index (χ0) is 12.3. The Morgan fingerprint density at radius 1 is 1.41 bits per heavy atom. The van der Waals surface area contributed by atoms with Crippen LogP contribution in [0.1, 0.15) is 38.2 Å². The first-order valence-electron chi connectivity index (χ1n) is 6.30. The van der Waals surface area contributed by atoms with E-state index in [-0.39, 0.29) is 0 Å². The molecule has 0 radical (unpaired) electrons. The molecule has 3 heteroatoms. The maximum Gasteiger partial charge on any atom is 0.0992 e. The van der Waals surface area contributed by atoms with Crippen molar-refractivity contribution in [2.45, 2.75) is 44.2 Å². The molecule has 0 saturated heterocycles. The molecule has 0 heterocycles. The lowest BCUT2D eigenvalue weighted by molar-refractivity contribution is 0.0540. The minimum Gasteiger partial charge on any atom is -0.384 e. The summed E-state index contributed by atoms with van der Waals surface area (Å²) in [4.78, 5) is 0. The summed E-state index contributed by atoms with van der Waals surface area (Å²) in [6, 6.07) is 8.02. The Hall–Kier alpha value is -0.570. The minimum absolute atomic E-state index is 0.570. The third-order valence-corrected chi connectivity index (χ3v) is 3.77. The van der Waals surface area contributed by atoms with Crippen LogP contribution in [0.4, 0.5) is 0 Å². The molecule has 1 aliphatic carbocycles. The zero-order valence-corrected chi connectivity index (χ0v) is 11.0. The topological polar surface area (TPSA) is 32.3 Å². The molecule has 2 N–H and O–H groups in total. The standard InChI is InChI=1S/C14H20ClNO/c1-14(17,10-16-13-7-2-3-8-13)11-5-4-6-12(15)9-11/h4-6,9,13,16-17H,2-3,7-8,10H2,1H3. The maximum absolute atomic E-state index is 10.4. The Kier molecular flexibility index (Phi) is 4.08. The summed E-state index contributed by atoms with van der Waals surface area (Å²) >= 11 is 5.95. The Balaban J connectivity index is 1.97. The first kappa shape index (κ1) is 12.9. The molecule has 2 rings (SSSR count). The van der Waals surface area contributed by atoms with Crippen LogP contribution < -0.4 is 5.32 Å². The average Bonchev–Trinajstić information content (AvgIpc) is 2.79. The first-order valence-corrected chi connectivity index (χ1v) is 6.67. The molecule has 0 aliphatic heterocycles. The van der Waals surface area contributed by atoms with Crippen LogP contribution in [0.15, 0.2) is 24.3 Å². The van der Waals surface area contributed by atoms with E-state index < -0.39 is 5.60 Å². The number of nitrogens with one attached hydrogen (secondary N) is 1. The smallest absolute Gasteiger partial charge is 0.0992 e. The van der Waals surface area contributed by atoms with Crippen LogP contribution in [0.25, 0.3) is 0 Å². The molecule has 1 fully saturated rings. The number of halogens is 1. The van der Waals surface area contributed by atoms with E-state index in [2.05, 4.69) is 5.32 Å². The fourth-order valence-electron chi connectivity index (χ4n) is 2.40. The van der Waals surface area contributed by atoms with Gasteiger partial charge >= 0.3 is 0 Å². The summed E-state index contributed by atoms with van der Waals surface area (Å²) in [7, 11) is 0. The first-order chi connectivity index (χ1) is 8.08. The summed E-state index contributed by atoms with van der Waals surface area (Å²) in [6.45, 7) is 2.42. The van der Waals surface area contributed by atoms with Crippen LogP contribution in [-0.2, 0) is 5.60 Å². The van der Waals surface area contributed by atoms with Crippen molar-refractivity contribution in [2.24, 2.45) is 0 Å². The number of hydrogen-bond donors (Lipinski definition) is 2. The van der Waals surface area contributed by atoms with E-state index in [4.69, 9.17) is 11.6 Å². The van der Waals surface area contributed by atoms with Crippen LogP contribution >= 0.6 is 11.6 Å². The zero-order valence-electron chi connectivity index (χ0n) is 10.2. The monoisotopic (exact) mass is 253 g/mol. The second-order valence-corrected chi connectivity index (χ2v) is 5.58. The molecule has 17 heavy (non-hydrogen) atoms. The van der Waals surface area contributed by atoms with Crippen LogP contribution in [0.5, 0.6) is 0 Å². The second kappa shape index (κ2) is 5.38. The van der Waals surface area contributed by atoms with E-state index in [1.165, 1.54) is 25.7 Å². The predicted molar refractivity (Wildman–Crippen MR) is 71.3 cm³/mol. The fraction of sp³-hybridized carbons (Fsp3) is 0.571. The summed E-state index contributed by atoms with van der Waals surface area (Å²) in [5.74, 6) is 0. The van der Waals surface area contributed by atoms with Crippen LogP contribution in [0, 0.1) is 0 Å². The molecule has 1 aliphatic rings. The quantitative estimate of drug-likeness (QED) is 0.864. The highest BCUT2D eigenvalue weighted by Crippen LogP contribution is 2.24. The largest absolute Gasteiger partial charge is 0.384 e. The number of hydrogen-bond acceptors (Lipinski definition) is 2. The van der Waals surface area contributed by atoms with Gasteiger partial charge < -0.3 is 10.4 Å². The highest BCUT2D eigenvalue weighted by Gasteiger charge is 2.25. The second-order valence-electron chi connectivity index (χ2n) is 5.15. The van der Waals surface area contributed by atoms with Gasteiger partial charge in [-0.3, -0.25) is 0 Å². The van der Waals surface area contributed by atoms with E-state index in [0.29, 0.717) is 17.6 Å². The number of benzene rings is 1. The summed E-state index contributed by atoms with van der Waals surface area (Å²) in [5.41, 5.74) is 0.0171. The molecule has 1 aromatic rings. The third kappa shape index (κ3) is 3.44. The van der Waals surface area contributed by atoms with Crippen molar-refractivity contribution in [3.8, 4) is 0 Å². The van der Waals surface area contributed by atoms with Gasteiger partial charge in [0.1, 0.15) is 0 Å². The molecular formula is C14H20ClNO. The SMILES string of the molecule is CC(O)(CNC1CCCC1)c1cccc(Cl)c1. The molecule has 0 spiro atoms. The van der Waals surface area contributed by atoms with Gasteiger partial charge in [0.25, 0.3) is 0 Å². The average molecular weight is 254 g/mol. The van der Waals surface area contributed by atoms with Gasteiger partial charge in [0.05, 0.1) is 5.60 Å². The van der Waals surface area contributed by atoms with E-state index in [0.717, 1.165) is 5.56 Å². The Morgan fingerprint density at radius 2 is 2.12 bits per heavy atom. The van der Waals surface area contributed by atoms with Crippen molar-refractivity contribution in [2.75, 3.05) is 6.54 Å². The summed E-state index contributed by atoms with van der Waals surface area (Å²) < 4.78 is 0. The normalized spacial score (nSPS) is 20.4. The van der Waals surface area contributed by atoms with Gasteiger partial charge in [0, 0.05) is 17.6 Å². The highest BCUT2D eigenvalue weighted by atomic mass is 35.5. The molecular weight excluding hydrogens is 234 g/mol. The van der Waals surface area contributed by atoms with Gasteiger partial charge in [-0.1, -0.05) is 36.6 Å². The molecule has 1 saturated carbocycles. The van der Waals surface area contributed by atoms with Crippen molar-refractivity contribution in [3.05, 3.63) is 34.9 Å². The highest BCUT2D eigenvalue weighted by molar-refractivity contribution is 6.30. The fourth-order valence-corrected chi connectivity index (χ4v) is 2.59. The Morgan fingerprint density at radius 3 is 2.76 bits per heavy atom. The van der Waals surface area contributed by atoms with E-state index in [1.54, 1.807) is 0 Å². The van der Waals surface area contributed by atoms with Gasteiger partial charge in [-0.15, -0.1) is 0 Å². The van der Waals surface area contributed by atoms with Gasteiger partial charge in [-0.25, -0.2) is 0 Å². The van der Waals surface area contributed by atoms with Crippen LogP contribution in [0.3, 0.4) is 0 Å². The molecule has 1 atom stereocenters. The molecule has 0 aromatic heterocycles. The van der Waals surface area contributed by atoms with Crippen molar-refractivity contribution in [1.82, 2.24) is 5.32 Å². The van der Waals surface area contributed by atoms with Crippen molar-refractivity contribution < 1.29 is 5.11 Å². The van der Waals surface area contributed by atoms with Gasteiger partial charge in [0.2, 0.25) is 0 Å². The van der Waals surface area contributed by atoms with E-state index in [9.17, 15) is 5.11 Å².